The first kappa shape index (κ1) is 19.8. The summed E-state index contributed by atoms with van der Waals surface area (Å²) in [4.78, 5) is 38.5. The van der Waals surface area contributed by atoms with Crippen LogP contribution in [0.2, 0.25) is 0 Å². The quantitative estimate of drug-likeness (QED) is 0.755. The maximum absolute atomic E-state index is 12.9. The molecule has 2 aromatic rings. The Morgan fingerprint density at radius 1 is 0.933 bits per heavy atom. The van der Waals surface area contributed by atoms with E-state index in [0.717, 1.165) is 0 Å². The van der Waals surface area contributed by atoms with E-state index in [-0.39, 0.29) is 17.6 Å². The number of rotatable bonds is 4. The van der Waals surface area contributed by atoms with Crippen LogP contribution in [0.15, 0.2) is 42.5 Å². The highest BCUT2D eigenvalue weighted by Gasteiger charge is 2.29. The Morgan fingerprint density at radius 3 is 2.40 bits per heavy atom. The Bertz CT molecular complexity index is 982. The van der Waals surface area contributed by atoms with Gasteiger partial charge in [0.05, 0.1) is 0 Å². The molecular formula is C22H23N3O5. The van der Waals surface area contributed by atoms with Gasteiger partial charge in [-0.2, -0.15) is 0 Å². The van der Waals surface area contributed by atoms with Crippen molar-refractivity contribution in [1.29, 1.82) is 0 Å². The number of benzene rings is 2. The average molecular weight is 409 g/mol. The maximum atomic E-state index is 12.9. The van der Waals surface area contributed by atoms with Crippen LogP contribution < -0.4 is 20.5 Å². The molecule has 30 heavy (non-hydrogen) atoms. The van der Waals surface area contributed by atoms with Gasteiger partial charge in [-0.1, -0.05) is 6.07 Å². The summed E-state index contributed by atoms with van der Waals surface area (Å²) in [6.45, 7) is 1.97. The fourth-order valence-corrected chi connectivity index (χ4v) is 3.83. The first-order chi connectivity index (χ1) is 14.5. The molecule has 2 aliphatic rings. The van der Waals surface area contributed by atoms with E-state index in [2.05, 4.69) is 5.32 Å². The number of likely N-dealkylation sites (tertiary alicyclic amines) is 1. The van der Waals surface area contributed by atoms with Crippen molar-refractivity contribution in [2.75, 3.05) is 31.6 Å². The van der Waals surface area contributed by atoms with Crippen LogP contribution in [-0.4, -0.2) is 48.9 Å². The average Bonchev–Trinajstić information content (AvgIpc) is 2.77. The number of nitrogens with two attached hydrogens (primary N) is 1. The van der Waals surface area contributed by atoms with Crippen LogP contribution in [0.4, 0.5) is 10.5 Å². The van der Waals surface area contributed by atoms with E-state index in [0.29, 0.717) is 67.5 Å². The predicted molar refractivity (Wildman–Crippen MR) is 110 cm³/mol. The lowest BCUT2D eigenvalue weighted by molar-refractivity contribution is 0.0650. The summed E-state index contributed by atoms with van der Waals surface area (Å²) < 4.78 is 11.1. The minimum Gasteiger partial charge on any atom is -0.486 e. The van der Waals surface area contributed by atoms with Crippen molar-refractivity contribution in [1.82, 2.24) is 4.90 Å². The van der Waals surface area contributed by atoms with Crippen molar-refractivity contribution in [3.05, 3.63) is 53.6 Å². The second kappa shape index (κ2) is 8.44. The summed E-state index contributed by atoms with van der Waals surface area (Å²) in [6.07, 6.45) is 1.19. The molecule has 2 heterocycles. The molecule has 8 heteroatoms. The first-order valence-electron chi connectivity index (χ1n) is 9.91. The highest BCUT2D eigenvalue weighted by molar-refractivity contribution is 5.99. The molecule has 156 valence electrons. The summed E-state index contributed by atoms with van der Waals surface area (Å²) in [5, 5.41) is 2.47. The number of Topliss-reactive ketones (excluding diaryl/α,β-unsaturated/α-hetero) is 1. The number of ether oxygens (including phenoxy) is 2. The second-order valence-electron chi connectivity index (χ2n) is 7.36. The Morgan fingerprint density at radius 2 is 1.67 bits per heavy atom. The zero-order valence-corrected chi connectivity index (χ0v) is 16.4. The van der Waals surface area contributed by atoms with Crippen LogP contribution in [0.25, 0.3) is 0 Å². The standard InChI is InChI=1S/C22H23N3O5/c23-22(28)24-17-3-1-2-16(12-17)21(27)25-8-6-14(7-9-25)20(26)15-4-5-18-19(13-15)30-11-10-29-18/h1-5,12-14H,6-11H2,(H3,23,24,28). The third kappa shape index (κ3) is 4.22. The zero-order chi connectivity index (χ0) is 21.1. The molecule has 1 saturated heterocycles. The molecule has 0 unspecified atom stereocenters. The van der Waals surface area contributed by atoms with Gasteiger partial charge >= 0.3 is 6.03 Å². The number of piperidine rings is 1. The van der Waals surface area contributed by atoms with Crippen molar-refractivity contribution in [2.45, 2.75) is 12.8 Å². The molecule has 0 spiro atoms. The van der Waals surface area contributed by atoms with Crippen molar-refractivity contribution in [3.8, 4) is 11.5 Å². The number of primary amides is 1. The summed E-state index contributed by atoms with van der Waals surface area (Å²) in [6, 6.07) is 11.2. The van der Waals surface area contributed by atoms with Crippen LogP contribution in [0.3, 0.4) is 0 Å². The molecule has 0 saturated carbocycles. The van der Waals surface area contributed by atoms with Gasteiger partial charge in [0, 0.05) is 35.8 Å². The molecule has 3 amide bonds. The van der Waals surface area contributed by atoms with Gasteiger partial charge in [0.25, 0.3) is 5.91 Å². The van der Waals surface area contributed by atoms with Crippen molar-refractivity contribution in [2.24, 2.45) is 11.7 Å². The number of hydrogen-bond acceptors (Lipinski definition) is 5. The number of nitrogens with one attached hydrogen (secondary N) is 1. The van der Waals surface area contributed by atoms with Crippen molar-refractivity contribution < 1.29 is 23.9 Å². The van der Waals surface area contributed by atoms with E-state index >= 15 is 0 Å². The smallest absolute Gasteiger partial charge is 0.316 e. The van der Waals surface area contributed by atoms with Crippen LogP contribution >= 0.6 is 0 Å². The summed E-state index contributed by atoms with van der Waals surface area (Å²) >= 11 is 0. The molecule has 0 radical (unpaired) electrons. The van der Waals surface area contributed by atoms with E-state index in [1.807, 2.05) is 0 Å². The third-order valence-corrected chi connectivity index (χ3v) is 5.36. The SMILES string of the molecule is NC(=O)Nc1cccc(C(=O)N2CCC(C(=O)c3ccc4c(c3)OCCO4)CC2)c1. The summed E-state index contributed by atoms with van der Waals surface area (Å²) in [5.41, 5.74) is 6.68. The molecule has 2 aromatic carbocycles. The van der Waals surface area contributed by atoms with Gasteiger partial charge in [0.15, 0.2) is 17.3 Å². The van der Waals surface area contributed by atoms with Gasteiger partial charge in [-0.3, -0.25) is 9.59 Å². The van der Waals surface area contributed by atoms with Crippen molar-refractivity contribution in [3.63, 3.8) is 0 Å². The van der Waals surface area contributed by atoms with E-state index in [1.165, 1.54) is 0 Å². The lowest BCUT2D eigenvalue weighted by atomic mass is 9.88. The van der Waals surface area contributed by atoms with Crippen LogP contribution in [0.5, 0.6) is 11.5 Å². The van der Waals surface area contributed by atoms with E-state index in [4.69, 9.17) is 15.2 Å². The van der Waals surface area contributed by atoms with Gasteiger partial charge in [-0.25, -0.2) is 4.79 Å². The normalized spacial score (nSPS) is 16.1. The van der Waals surface area contributed by atoms with E-state index in [1.54, 1.807) is 47.4 Å². The van der Waals surface area contributed by atoms with E-state index < -0.39 is 6.03 Å². The van der Waals surface area contributed by atoms with Gasteiger partial charge in [0.1, 0.15) is 13.2 Å². The molecule has 0 aliphatic carbocycles. The molecule has 1 fully saturated rings. The molecule has 2 aliphatic heterocycles. The Kier molecular flexibility index (Phi) is 5.56. The number of hydrogen-bond donors (Lipinski definition) is 2. The summed E-state index contributed by atoms with van der Waals surface area (Å²) in [7, 11) is 0. The molecule has 8 nitrogen and oxygen atoms in total. The number of ketones is 1. The van der Waals surface area contributed by atoms with Crippen LogP contribution in [0.1, 0.15) is 33.6 Å². The number of urea groups is 1. The number of amides is 3. The number of anilines is 1. The number of carbonyl (C=O) groups excluding carboxylic acids is 3. The van der Waals surface area contributed by atoms with Gasteiger partial charge in [-0.15, -0.1) is 0 Å². The van der Waals surface area contributed by atoms with E-state index in [9.17, 15) is 14.4 Å². The highest BCUT2D eigenvalue weighted by atomic mass is 16.6. The second-order valence-corrected chi connectivity index (χ2v) is 7.36. The molecule has 0 aromatic heterocycles. The van der Waals surface area contributed by atoms with Crippen LogP contribution in [0, 0.1) is 5.92 Å². The molecule has 4 rings (SSSR count). The summed E-state index contributed by atoms with van der Waals surface area (Å²) in [5.74, 6) is 1.05. The first-order valence-corrected chi connectivity index (χ1v) is 9.91. The number of carbonyl (C=O) groups is 3. The largest absolute Gasteiger partial charge is 0.486 e. The third-order valence-electron chi connectivity index (χ3n) is 5.36. The molecule has 0 bridgehead atoms. The van der Waals surface area contributed by atoms with Gasteiger partial charge in [0.2, 0.25) is 0 Å². The topological polar surface area (TPSA) is 111 Å². The monoisotopic (exact) mass is 409 g/mol. The Labute approximate surface area is 173 Å². The minimum atomic E-state index is -0.682. The molecule has 3 N–H and O–H groups in total. The highest BCUT2D eigenvalue weighted by Crippen LogP contribution is 2.32. The predicted octanol–water partition coefficient (Wildman–Crippen LogP) is 2.68. The lowest BCUT2D eigenvalue weighted by Gasteiger charge is -2.31. The number of fused-ring (bicyclic) bond motifs is 1. The minimum absolute atomic E-state index is 0.0618. The maximum Gasteiger partial charge on any atom is 0.316 e. The fraction of sp³-hybridized carbons (Fsp3) is 0.318. The van der Waals surface area contributed by atoms with Crippen molar-refractivity contribution >= 4 is 23.4 Å². The Hall–Kier alpha value is -3.55. The molecule has 0 atom stereocenters. The Balaban J connectivity index is 1.38. The van der Waals surface area contributed by atoms with Gasteiger partial charge < -0.3 is 25.4 Å². The fourth-order valence-electron chi connectivity index (χ4n) is 3.83. The zero-order valence-electron chi connectivity index (χ0n) is 16.4. The molecular weight excluding hydrogens is 386 g/mol. The van der Waals surface area contributed by atoms with Crippen LogP contribution in [-0.2, 0) is 0 Å². The number of nitrogens with zero attached hydrogens (tertiary/aromatic N) is 1. The lowest BCUT2D eigenvalue weighted by Crippen LogP contribution is -2.40. The van der Waals surface area contributed by atoms with Gasteiger partial charge in [-0.05, 0) is 49.2 Å².